The molecule has 1 aromatic rings. The van der Waals surface area contributed by atoms with Crippen molar-refractivity contribution in [1.82, 2.24) is 0 Å². The molecule has 0 aromatic heterocycles. The third kappa shape index (κ3) is 4.50. The topological polar surface area (TPSA) is 64.3 Å². The minimum atomic E-state index is -0.549. The summed E-state index contributed by atoms with van der Waals surface area (Å²) in [6.07, 6.45) is -0.540. The van der Waals surface area contributed by atoms with E-state index in [2.05, 4.69) is 5.32 Å². The number of hydrogen-bond acceptors (Lipinski definition) is 3. The molecular weight excluding hydrogens is 272 g/mol. The van der Waals surface area contributed by atoms with Crippen molar-refractivity contribution in [2.75, 3.05) is 5.32 Å². The fraction of sp³-hybridized carbons (Fsp3) is 0.333. The van der Waals surface area contributed by atoms with Crippen molar-refractivity contribution in [1.29, 1.82) is 0 Å². The van der Waals surface area contributed by atoms with E-state index in [-0.39, 0.29) is 4.99 Å². The van der Waals surface area contributed by atoms with E-state index in [1.165, 1.54) is 0 Å². The van der Waals surface area contributed by atoms with Crippen LogP contribution in [0.3, 0.4) is 0 Å². The fourth-order valence-corrected chi connectivity index (χ4v) is 1.73. The molecule has 18 heavy (non-hydrogen) atoms. The Morgan fingerprint density at radius 3 is 2.50 bits per heavy atom. The van der Waals surface area contributed by atoms with Crippen LogP contribution in [0.25, 0.3) is 0 Å². The standard InChI is InChI=1S/C12H15ClN2O2S/c1-12(2,3)17-11(16)15-7-4-5-8(10(14)18)9(13)6-7/h4-6H,1-3H3,(H2,14,18)(H,15,16). The van der Waals surface area contributed by atoms with Gasteiger partial charge < -0.3 is 10.5 Å². The van der Waals surface area contributed by atoms with Crippen LogP contribution in [-0.4, -0.2) is 16.7 Å². The Morgan fingerprint density at radius 2 is 2.06 bits per heavy atom. The van der Waals surface area contributed by atoms with Crippen molar-refractivity contribution in [3.8, 4) is 0 Å². The first-order chi connectivity index (χ1) is 8.19. The predicted octanol–water partition coefficient (Wildman–Crippen LogP) is 3.32. The van der Waals surface area contributed by atoms with Crippen molar-refractivity contribution >= 4 is 40.6 Å². The average Bonchev–Trinajstić information content (AvgIpc) is 2.13. The molecule has 0 heterocycles. The first-order valence-corrected chi connectivity index (χ1v) is 6.07. The van der Waals surface area contributed by atoms with E-state index >= 15 is 0 Å². The normalized spacial score (nSPS) is 10.9. The number of amides is 1. The summed E-state index contributed by atoms with van der Waals surface area (Å²) in [5, 5.41) is 2.96. The van der Waals surface area contributed by atoms with Crippen LogP contribution >= 0.6 is 23.8 Å². The second kappa shape index (κ2) is 5.54. The first-order valence-electron chi connectivity index (χ1n) is 5.28. The second-order valence-electron chi connectivity index (χ2n) is 4.69. The lowest BCUT2D eigenvalue weighted by atomic mass is 10.2. The van der Waals surface area contributed by atoms with E-state index in [0.29, 0.717) is 16.3 Å². The fourth-order valence-electron chi connectivity index (χ4n) is 1.21. The maximum Gasteiger partial charge on any atom is 0.412 e. The molecule has 1 rings (SSSR count). The minimum absolute atomic E-state index is 0.212. The summed E-state index contributed by atoms with van der Waals surface area (Å²) in [5.74, 6) is 0. The van der Waals surface area contributed by atoms with Gasteiger partial charge in [0, 0.05) is 11.3 Å². The highest BCUT2D eigenvalue weighted by atomic mass is 35.5. The van der Waals surface area contributed by atoms with Crippen LogP contribution in [0.1, 0.15) is 26.3 Å². The molecule has 0 aliphatic carbocycles. The number of rotatable bonds is 2. The molecule has 0 radical (unpaired) electrons. The van der Waals surface area contributed by atoms with Gasteiger partial charge in [-0.2, -0.15) is 0 Å². The van der Waals surface area contributed by atoms with Gasteiger partial charge in [0.25, 0.3) is 0 Å². The average molecular weight is 287 g/mol. The van der Waals surface area contributed by atoms with Gasteiger partial charge in [-0.15, -0.1) is 0 Å². The zero-order chi connectivity index (χ0) is 13.9. The number of ether oxygens (including phenoxy) is 1. The largest absolute Gasteiger partial charge is 0.444 e. The Labute approximate surface area is 116 Å². The molecule has 6 heteroatoms. The highest BCUT2D eigenvalue weighted by Crippen LogP contribution is 2.21. The number of carbonyl (C=O) groups is 1. The van der Waals surface area contributed by atoms with Crippen LogP contribution in [-0.2, 0) is 4.74 Å². The van der Waals surface area contributed by atoms with E-state index in [1.54, 1.807) is 39.0 Å². The smallest absolute Gasteiger partial charge is 0.412 e. The molecule has 1 amide bonds. The number of thiocarbonyl (C=S) groups is 1. The zero-order valence-corrected chi connectivity index (χ0v) is 12.0. The van der Waals surface area contributed by atoms with Crippen LogP contribution in [0.5, 0.6) is 0 Å². The molecule has 0 saturated heterocycles. The van der Waals surface area contributed by atoms with Gasteiger partial charge in [0.1, 0.15) is 10.6 Å². The van der Waals surface area contributed by atoms with Gasteiger partial charge in [-0.25, -0.2) is 4.79 Å². The molecule has 0 spiro atoms. The minimum Gasteiger partial charge on any atom is -0.444 e. The van der Waals surface area contributed by atoms with Crippen molar-refractivity contribution < 1.29 is 9.53 Å². The monoisotopic (exact) mass is 286 g/mol. The van der Waals surface area contributed by atoms with Crippen molar-refractivity contribution in [2.45, 2.75) is 26.4 Å². The predicted molar refractivity (Wildman–Crippen MR) is 77.2 cm³/mol. The number of hydrogen-bond donors (Lipinski definition) is 2. The van der Waals surface area contributed by atoms with Gasteiger partial charge in [-0.05, 0) is 39.0 Å². The van der Waals surface area contributed by atoms with Crippen LogP contribution in [0.15, 0.2) is 18.2 Å². The summed E-state index contributed by atoms with van der Waals surface area (Å²) in [6.45, 7) is 5.36. The highest BCUT2D eigenvalue weighted by Gasteiger charge is 2.16. The number of carbonyl (C=O) groups excluding carboxylic acids is 1. The molecule has 0 aliphatic heterocycles. The van der Waals surface area contributed by atoms with Crippen LogP contribution in [0.4, 0.5) is 10.5 Å². The summed E-state index contributed by atoms with van der Waals surface area (Å²) in [7, 11) is 0. The lowest BCUT2D eigenvalue weighted by Crippen LogP contribution is -2.27. The first kappa shape index (κ1) is 14.7. The Kier molecular flexibility index (Phi) is 4.53. The van der Waals surface area contributed by atoms with E-state index < -0.39 is 11.7 Å². The highest BCUT2D eigenvalue weighted by molar-refractivity contribution is 7.80. The summed E-state index contributed by atoms with van der Waals surface area (Å²) >= 11 is 10.8. The molecule has 0 unspecified atom stereocenters. The van der Waals surface area contributed by atoms with E-state index in [4.69, 9.17) is 34.3 Å². The van der Waals surface area contributed by atoms with Crippen molar-refractivity contribution in [2.24, 2.45) is 5.73 Å². The summed E-state index contributed by atoms with van der Waals surface area (Å²) in [4.78, 5) is 11.7. The van der Waals surface area contributed by atoms with Gasteiger partial charge in [0.2, 0.25) is 0 Å². The quantitative estimate of drug-likeness (QED) is 0.819. The molecule has 0 bridgehead atoms. The van der Waals surface area contributed by atoms with E-state index in [0.717, 1.165) is 0 Å². The summed E-state index contributed by atoms with van der Waals surface area (Å²) < 4.78 is 5.12. The van der Waals surface area contributed by atoms with Crippen LogP contribution < -0.4 is 11.1 Å². The third-order valence-electron chi connectivity index (χ3n) is 1.88. The second-order valence-corrected chi connectivity index (χ2v) is 5.53. The van der Waals surface area contributed by atoms with Crippen molar-refractivity contribution in [3.05, 3.63) is 28.8 Å². The number of nitrogens with one attached hydrogen (secondary N) is 1. The summed E-state index contributed by atoms with van der Waals surface area (Å²) in [5.41, 5.74) is 6.03. The zero-order valence-electron chi connectivity index (χ0n) is 10.4. The Morgan fingerprint density at radius 1 is 1.44 bits per heavy atom. The van der Waals surface area contributed by atoms with Crippen LogP contribution in [0, 0.1) is 0 Å². The maximum atomic E-state index is 11.5. The maximum absolute atomic E-state index is 11.5. The van der Waals surface area contributed by atoms with E-state index in [1.807, 2.05) is 0 Å². The van der Waals surface area contributed by atoms with E-state index in [9.17, 15) is 4.79 Å². The van der Waals surface area contributed by atoms with Gasteiger partial charge in [-0.1, -0.05) is 23.8 Å². The van der Waals surface area contributed by atoms with Gasteiger partial charge in [-0.3, -0.25) is 5.32 Å². The lowest BCUT2D eigenvalue weighted by molar-refractivity contribution is 0.0636. The molecule has 1 aromatic carbocycles. The Bertz CT molecular complexity index is 483. The molecule has 0 atom stereocenters. The number of nitrogens with two attached hydrogens (primary N) is 1. The van der Waals surface area contributed by atoms with Crippen LogP contribution in [0.2, 0.25) is 5.02 Å². The number of benzene rings is 1. The van der Waals surface area contributed by atoms with Gasteiger partial charge >= 0.3 is 6.09 Å². The summed E-state index contributed by atoms with van der Waals surface area (Å²) in [6, 6.07) is 4.88. The van der Waals surface area contributed by atoms with Crippen molar-refractivity contribution in [3.63, 3.8) is 0 Å². The molecule has 98 valence electrons. The number of anilines is 1. The lowest BCUT2D eigenvalue weighted by Gasteiger charge is -2.19. The van der Waals surface area contributed by atoms with Gasteiger partial charge in [0.15, 0.2) is 0 Å². The molecule has 0 fully saturated rings. The number of halogens is 1. The van der Waals surface area contributed by atoms with Gasteiger partial charge in [0.05, 0.1) is 5.02 Å². The molecule has 3 N–H and O–H groups in total. The third-order valence-corrected chi connectivity index (χ3v) is 2.41. The Hall–Kier alpha value is -1.33. The molecule has 0 saturated carbocycles. The molecule has 0 aliphatic rings. The molecular formula is C12H15ClN2O2S. The SMILES string of the molecule is CC(C)(C)OC(=O)Nc1ccc(C(N)=S)c(Cl)c1. The Balaban J connectivity index is 2.78. The molecule has 4 nitrogen and oxygen atoms in total.